The van der Waals surface area contributed by atoms with Gasteiger partial charge in [0.05, 0.1) is 25.5 Å². The highest BCUT2D eigenvalue weighted by atomic mass is 35.5. The minimum absolute atomic E-state index is 0.119. The lowest BCUT2D eigenvalue weighted by Crippen LogP contribution is -2.48. The van der Waals surface area contributed by atoms with Crippen LogP contribution in [0.25, 0.3) is 0 Å². The van der Waals surface area contributed by atoms with Crippen LogP contribution in [0.2, 0.25) is 5.02 Å². The summed E-state index contributed by atoms with van der Waals surface area (Å²) >= 11 is 6.38. The number of rotatable bonds is 5. The fourth-order valence-electron chi connectivity index (χ4n) is 3.24. The van der Waals surface area contributed by atoms with Crippen molar-refractivity contribution in [2.45, 2.75) is 31.3 Å². The smallest absolute Gasteiger partial charge is 0.241 e. The average molecular weight is 433 g/mol. The van der Waals surface area contributed by atoms with Crippen LogP contribution in [0.1, 0.15) is 25.5 Å². The van der Waals surface area contributed by atoms with Gasteiger partial charge in [0.25, 0.3) is 0 Å². The van der Waals surface area contributed by atoms with Gasteiger partial charge in [0.2, 0.25) is 5.90 Å². The molecule has 2 saturated heterocycles. The van der Waals surface area contributed by atoms with Crippen molar-refractivity contribution in [3.05, 3.63) is 29.2 Å². The fraction of sp³-hybridized carbons (Fsp3) is 0.474. The summed E-state index contributed by atoms with van der Waals surface area (Å²) < 4.78 is 10.8. The summed E-state index contributed by atoms with van der Waals surface area (Å²) in [5.74, 6) is 1.29. The van der Waals surface area contributed by atoms with Crippen molar-refractivity contribution in [3.63, 3.8) is 0 Å². The number of hydrogen-bond acceptors (Lipinski definition) is 10. The second-order valence-corrected chi connectivity index (χ2v) is 8.26. The Morgan fingerprint density at radius 2 is 2.10 bits per heavy atom. The molecule has 2 aromatic heterocycles. The van der Waals surface area contributed by atoms with Gasteiger partial charge >= 0.3 is 0 Å². The van der Waals surface area contributed by atoms with E-state index in [0.717, 1.165) is 25.9 Å². The number of piperidine rings is 1. The van der Waals surface area contributed by atoms with Crippen LogP contribution in [-0.4, -0.2) is 58.7 Å². The second-order valence-electron chi connectivity index (χ2n) is 7.88. The molecular weight excluding hydrogens is 408 g/mol. The zero-order chi connectivity index (χ0) is 21.3. The molecule has 0 amide bonds. The van der Waals surface area contributed by atoms with Gasteiger partial charge in [-0.1, -0.05) is 11.6 Å². The molecule has 0 bridgehead atoms. The van der Waals surface area contributed by atoms with Crippen LogP contribution in [0, 0.1) is 5.41 Å². The summed E-state index contributed by atoms with van der Waals surface area (Å²) in [7, 11) is 0. The van der Waals surface area contributed by atoms with Crippen LogP contribution in [0.5, 0.6) is 5.75 Å². The van der Waals surface area contributed by atoms with Crippen LogP contribution in [0.4, 0.5) is 17.5 Å². The topological polar surface area (TPSA) is 148 Å². The Morgan fingerprint density at radius 1 is 1.37 bits per heavy atom. The molecule has 0 atom stereocenters. The molecule has 4 rings (SSSR count). The molecule has 0 spiro atoms. The van der Waals surface area contributed by atoms with Crippen molar-refractivity contribution in [3.8, 4) is 5.75 Å². The van der Waals surface area contributed by atoms with E-state index >= 15 is 0 Å². The van der Waals surface area contributed by atoms with E-state index in [1.807, 2.05) is 0 Å². The molecule has 0 unspecified atom stereocenters. The Bertz CT molecular complexity index is 940. The van der Waals surface area contributed by atoms with Crippen molar-refractivity contribution in [1.29, 1.82) is 5.41 Å². The summed E-state index contributed by atoms with van der Waals surface area (Å²) in [6.07, 6.45) is 4.87. The number of anilines is 3. The Hall–Kier alpha value is -2.69. The number of halogens is 1. The molecule has 2 fully saturated rings. The molecule has 30 heavy (non-hydrogen) atoms. The van der Waals surface area contributed by atoms with E-state index in [-0.39, 0.29) is 39.8 Å². The predicted molar refractivity (Wildman–Crippen MR) is 115 cm³/mol. The molecule has 160 valence electrons. The number of pyridine rings is 1. The van der Waals surface area contributed by atoms with E-state index in [1.54, 1.807) is 18.5 Å². The molecule has 0 aliphatic carbocycles. The lowest BCUT2D eigenvalue weighted by molar-refractivity contribution is 0.0209. The highest BCUT2D eigenvalue weighted by molar-refractivity contribution is 6.34. The van der Waals surface area contributed by atoms with E-state index in [9.17, 15) is 0 Å². The SMILES string of the molecule is CC1(N)CCN(c2cnc(C(=N)Oc3ccnc(NC4COC4)c3Cl)c(N)n2)CC1. The third kappa shape index (κ3) is 4.40. The Morgan fingerprint density at radius 3 is 2.73 bits per heavy atom. The first-order chi connectivity index (χ1) is 14.3. The third-order valence-corrected chi connectivity index (χ3v) is 5.64. The van der Waals surface area contributed by atoms with Gasteiger partial charge in [-0.15, -0.1) is 0 Å². The predicted octanol–water partition coefficient (Wildman–Crippen LogP) is 1.64. The number of nitrogens with one attached hydrogen (secondary N) is 2. The minimum atomic E-state index is -0.245. The largest absolute Gasteiger partial charge is 0.436 e. The maximum Gasteiger partial charge on any atom is 0.241 e. The number of ether oxygens (including phenoxy) is 2. The van der Waals surface area contributed by atoms with E-state index in [2.05, 4.69) is 32.1 Å². The molecule has 10 nitrogen and oxygen atoms in total. The van der Waals surface area contributed by atoms with Gasteiger partial charge < -0.3 is 31.2 Å². The first-order valence-electron chi connectivity index (χ1n) is 9.74. The summed E-state index contributed by atoms with van der Waals surface area (Å²) in [6, 6.07) is 1.74. The quantitative estimate of drug-likeness (QED) is 0.408. The molecule has 2 aromatic rings. The molecule has 11 heteroatoms. The van der Waals surface area contributed by atoms with Crippen molar-refractivity contribution in [2.24, 2.45) is 5.73 Å². The van der Waals surface area contributed by atoms with Gasteiger partial charge in [0.15, 0.2) is 17.3 Å². The van der Waals surface area contributed by atoms with Gasteiger partial charge in [-0.2, -0.15) is 0 Å². The standard InChI is InChI=1S/C19H25ClN8O2/c1-19(23)3-6-28(7-4-19)13-8-25-15(16(21)27-13)17(22)30-12-2-5-24-18(14(12)20)26-11-9-29-10-11/h2,5,8,11,22H,3-4,6-7,9-10,23H2,1H3,(H2,21,27)(H,24,26). The molecule has 4 heterocycles. The first kappa shape index (κ1) is 20.6. The Labute approximate surface area is 179 Å². The molecule has 2 aliphatic heterocycles. The number of nitrogens with zero attached hydrogens (tertiary/aromatic N) is 4. The Kier molecular flexibility index (Phi) is 5.63. The van der Waals surface area contributed by atoms with Gasteiger partial charge in [0.1, 0.15) is 16.7 Å². The lowest BCUT2D eigenvalue weighted by Gasteiger charge is -2.37. The van der Waals surface area contributed by atoms with Gasteiger partial charge in [-0.05, 0) is 19.8 Å². The van der Waals surface area contributed by atoms with Gasteiger partial charge in [-0.25, -0.2) is 15.0 Å². The maximum atomic E-state index is 8.28. The Balaban J connectivity index is 1.45. The number of aromatic nitrogens is 3. The number of nitrogen functional groups attached to an aromatic ring is 1. The molecule has 0 saturated carbocycles. The lowest BCUT2D eigenvalue weighted by atomic mass is 9.91. The van der Waals surface area contributed by atoms with Gasteiger partial charge in [0, 0.05) is 30.9 Å². The van der Waals surface area contributed by atoms with Crippen molar-refractivity contribution in [2.75, 3.05) is 42.3 Å². The maximum absolute atomic E-state index is 8.28. The van der Waals surface area contributed by atoms with E-state index in [0.29, 0.717) is 24.8 Å². The van der Waals surface area contributed by atoms with Crippen molar-refractivity contribution >= 4 is 35.0 Å². The highest BCUT2D eigenvalue weighted by Gasteiger charge is 2.27. The fourth-order valence-corrected chi connectivity index (χ4v) is 3.45. The van der Waals surface area contributed by atoms with E-state index in [1.165, 1.54) is 0 Å². The summed E-state index contributed by atoms with van der Waals surface area (Å²) in [6.45, 7) is 4.81. The number of nitrogens with two attached hydrogens (primary N) is 2. The highest BCUT2D eigenvalue weighted by Crippen LogP contribution is 2.32. The normalized spacial score (nSPS) is 18.6. The third-order valence-electron chi connectivity index (χ3n) is 5.28. The monoisotopic (exact) mass is 432 g/mol. The van der Waals surface area contributed by atoms with Crippen LogP contribution in [0.3, 0.4) is 0 Å². The molecule has 0 radical (unpaired) electrons. The van der Waals surface area contributed by atoms with Crippen molar-refractivity contribution in [1.82, 2.24) is 15.0 Å². The zero-order valence-electron chi connectivity index (χ0n) is 16.7. The van der Waals surface area contributed by atoms with Crippen LogP contribution < -0.4 is 26.4 Å². The summed E-state index contributed by atoms with van der Waals surface area (Å²) in [5.41, 5.74) is 12.3. The van der Waals surface area contributed by atoms with E-state index < -0.39 is 0 Å². The number of hydrogen-bond donors (Lipinski definition) is 4. The summed E-state index contributed by atoms with van der Waals surface area (Å²) in [4.78, 5) is 15.0. The molecule has 0 aromatic carbocycles. The van der Waals surface area contributed by atoms with Gasteiger partial charge in [-0.3, -0.25) is 5.41 Å². The van der Waals surface area contributed by atoms with Crippen LogP contribution in [-0.2, 0) is 4.74 Å². The molecular formula is C19H25ClN8O2. The second kappa shape index (κ2) is 8.21. The van der Waals surface area contributed by atoms with Crippen LogP contribution in [0.15, 0.2) is 18.5 Å². The zero-order valence-corrected chi connectivity index (χ0v) is 17.4. The molecule has 6 N–H and O–H groups in total. The van der Waals surface area contributed by atoms with Crippen LogP contribution >= 0.6 is 11.6 Å². The van der Waals surface area contributed by atoms with E-state index in [4.69, 9.17) is 38.0 Å². The minimum Gasteiger partial charge on any atom is -0.436 e. The summed E-state index contributed by atoms with van der Waals surface area (Å²) in [5, 5.41) is 11.7. The molecule has 2 aliphatic rings. The first-order valence-corrected chi connectivity index (χ1v) is 10.1. The van der Waals surface area contributed by atoms with Crippen molar-refractivity contribution < 1.29 is 9.47 Å². The average Bonchev–Trinajstić information content (AvgIpc) is 2.67.